The van der Waals surface area contributed by atoms with E-state index in [1.807, 2.05) is 17.5 Å². The van der Waals surface area contributed by atoms with Gasteiger partial charge in [0.05, 0.1) is 17.5 Å². The molecule has 0 radical (unpaired) electrons. The highest BCUT2D eigenvalue weighted by atomic mass is 35.5. The molecule has 0 bridgehead atoms. The molecule has 0 saturated heterocycles. The molecule has 0 aliphatic carbocycles. The summed E-state index contributed by atoms with van der Waals surface area (Å²) >= 11 is 7.20. The Morgan fingerprint density at radius 1 is 1.39 bits per heavy atom. The predicted octanol–water partition coefficient (Wildman–Crippen LogP) is 3.21. The molecule has 1 aliphatic heterocycles. The van der Waals surface area contributed by atoms with Crippen LogP contribution in [0, 0.1) is 5.41 Å². The number of nitrogens with zero attached hydrogens (tertiary/aromatic N) is 3. The van der Waals surface area contributed by atoms with Crippen molar-refractivity contribution < 1.29 is 9.90 Å². The molecule has 0 spiro atoms. The number of amidine groups is 1. The zero-order chi connectivity index (χ0) is 16.4. The second-order valence-electron chi connectivity index (χ2n) is 4.67. The van der Waals surface area contributed by atoms with Crippen molar-refractivity contribution in [2.24, 2.45) is 5.10 Å². The van der Waals surface area contributed by atoms with Crippen LogP contribution in [0.2, 0.25) is 5.02 Å². The van der Waals surface area contributed by atoms with Gasteiger partial charge in [-0.1, -0.05) is 23.7 Å². The van der Waals surface area contributed by atoms with Crippen LogP contribution in [0.5, 0.6) is 0 Å². The summed E-state index contributed by atoms with van der Waals surface area (Å²) in [5, 5.41) is 26.2. The van der Waals surface area contributed by atoms with Gasteiger partial charge in [-0.3, -0.25) is 10.2 Å². The van der Waals surface area contributed by atoms with Crippen molar-refractivity contribution in [1.29, 1.82) is 5.41 Å². The molecule has 0 saturated carbocycles. The van der Waals surface area contributed by atoms with Crippen molar-refractivity contribution in [3.63, 3.8) is 0 Å². The van der Waals surface area contributed by atoms with Gasteiger partial charge in [0.2, 0.25) is 0 Å². The smallest absolute Gasteiger partial charge is 0.162 e. The largest absolute Gasteiger partial charge is 0.509 e. The monoisotopic (exact) mass is 346 g/mol. The lowest BCUT2D eigenvalue weighted by Gasteiger charge is -2.09. The number of carbonyl (C=O) groups excluding carboxylic acids is 1. The van der Waals surface area contributed by atoms with Crippen LogP contribution in [-0.4, -0.2) is 40.0 Å². The minimum Gasteiger partial charge on any atom is -0.509 e. The molecule has 6 nitrogen and oxygen atoms in total. The zero-order valence-corrected chi connectivity index (χ0v) is 13.3. The first-order valence-corrected chi connectivity index (χ1v) is 7.84. The Hall–Kier alpha value is -2.51. The van der Waals surface area contributed by atoms with Crippen molar-refractivity contribution in [3.8, 4) is 11.3 Å². The summed E-state index contributed by atoms with van der Waals surface area (Å²) in [7, 11) is 0. The standard InChI is InChI=1S/C15H11ClN4O2S/c16-10-3-1-9(2-4-10)11-8-23-15(19-11)13-12(22)7-20(14(13)17)18-5-6-21/h1-6,8,17,22H,7H2. The van der Waals surface area contributed by atoms with Crippen LogP contribution >= 0.6 is 22.9 Å². The highest BCUT2D eigenvalue weighted by molar-refractivity contribution is 7.11. The Kier molecular flexibility index (Phi) is 4.22. The summed E-state index contributed by atoms with van der Waals surface area (Å²) < 4.78 is 0. The molecule has 2 aromatic rings. The van der Waals surface area contributed by atoms with E-state index >= 15 is 0 Å². The lowest BCUT2D eigenvalue weighted by atomic mass is 10.2. The molecule has 23 heavy (non-hydrogen) atoms. The maximum Gasteiger partial charge on any atom is 0.162 e. The Labute approximate surface area is 140 Å². The second kappa shape index (κ2) is 6.31. The van der Waals surface area contributed by atoms with Crippen LogP contribution in [0.3, 0.4) is 0 Å². The van der Waals surface area contributed by atoms with Gasteiger partial charge in [-0.2, -0.15) is 5.10 Å². The van der Waals surface area contributed by atoms with E-state index in [0.29, 0.717) is 21.9 Å². The first kappa shape index (κ1) is 15.4. The molecule has 3 rings (SSSR count). The first-order valence-electron chi connectivity index (χ1n) is 6.58. The Morgan fingerprint density at radius 2 is 2.13 bits per heavy atom. The number of thiazole rings is 1. The number of aldehydes is 1. The van der Waals surface area contributed by atoms with Gasteiger partial charge in [-0.25, -0.2) is 9.99 Å². The van der Waals surface area contributed by atoms with Crippen molar-refractivity contribution in [2.75, 3.05) is 6.54 Å². The highest BCUT2D eigenvalue weighted by Crippen LogP contribution is 2.32. The van der Waals surface area contributed by atoms with E-state index in [0.717, 1.165) is 17.5 Å². The molecule has 0 atom stereocenters. The van der Waals surface area contributed by atoms with E-state index in [1.54, 1.807) is 12.1 Å². The number of aromatic nitrogens is 1. The number of halogens is 1. The number of benzene rings is 1. The maximum absolute atomic E-state index is 10.3. The van der Waals surface area contributed by atoms with Crippen molar-refractivity contribution in [2.45, 2.75) is 0 Å². The summed E-state index contributed by atoms with van der Waals surface area (Å²) in [6.45, 7) is 0.0500. The van der Waals surface area contributed by atoms with E-state index in [-0.39, 0.29) is 18.1 Å². The molecular formula is C15H11ClN4O2S. The van der Waals surface area contributed by atoms with Gasteiger partial charge in [0.15, 0.2) is 12.1 Å². The molecule has 0 amide bonds. The molecule has 2 heterocycles. The minimum atomic E-state index is 0.00931. The molecule has 0 unspecified atom stereocenters. The van der Waals surface area contributed by atoms with Crippen molar-refractivity contribution in [3.05, 3.63) is 45.4 Å². The molecule has 2 N–H and O–H groups in total. The maximum atomic E-state index is 10.3. The van der Waals surface area contributed by atoms with E-state index in [1.165, 1.54) is 16.3 Å². The van der Waals surface area contributed by atoms with E-state index in [2.05, 4.69) is 10.1 Å². The van der Waals surface area contributed by atoms with Crippen molar-refractivity contribution >= 4 is 46.8 Å². The fraction of sp³-hybridized carbons (Fsp3) is 0.0667. The summed E-state index contributed by atoms with van der Waals surface area (Å²) in [6.07, 6.45) is 1.55. The average molecular weight is 347 g/mol. The zero-order valence-electron chi connectivity index (χ0n) is 11.7. The summed E-state index contributed by atoms with van der Waals surface area (Å²) in [4.78, 5) is 14.8. The SMILES string of the molecule is N=C1C(c2nc(-c3ccc(Cl)cc3)cs2)=C(O)CN1N=CC=O. The van der Waals surface area contributed by atoms with Crippen LogP contribution < -0.4 is 0 Å². The number of aliphatic hydroxyl groups is 1. The highest BCUT2D eigenvalue weighted by Gasteiger charge is 2.30. The summed E-state index contributed by atoms with van der Waals surface area (Å²) in [5.41, 5.74) is 1.97. The Morgan fingerprint density at radius 3 is 2.83 bits per heavy atom. The van der Waals surface area contributed by atoms with Gasteiger partial charge in [0.1, 0.15) is 17.3 Å². The fourth-order valence-electron chi connectivity index (χ4n) is 2.14. The number of hydrogen-bond donors (Lipinski definition) is 2. The Bertz CT molecular complexity index is 826. The predicted molar refractivity (Wildman–Crippen MR) is 91.1 cm³/mol. The quantitative estimate of drug-likeness (QED) is 0.657. The molecule has 0 fully saturated rings. The normalized spacial score (nSPS) is 15.0. The van der Waals surface area contributed by atoms with Gasteiger partial charge in [0.25, 0.3) is 0 Å². The van der Waals surface area contributed by atoms with Crippen LogP contribution in [0.1, 0.15) is 5.01 Å². The number of carbonyl (C=O) groups is 1. The van der Waals surface area contributed by atoms with Gasteiger partial charge >= 0.3 is 0 Å². The fourth-order valence-corrected chi connectivity index (χ4v) is 3.16. The third kappa shape index (κ3) is 3.01. The van der Waals surface area contributed by atoms with Crippen LogP contribution in [0.15, 0.2) is 40.5 Å². The van der Waals surface area contributed by atoms with Gasteiger partial charge < -0.3 is 5.11 Å². The van der Waals surface area contributed by atoms with Crippen LogP contribution in [-0.2, 0) is 4.79 Å². The minimum absolute atomic E-state index is 0.00931. The lowest BCUT2D eigenvalue weighted by Crippen LogP contribution is -2.20. The number of hydrogen-bond acceptors (Lipinski definition) is 6. The third-order valence-electron chi connectivity index (χ3n) is 3.21. The van der Waals surface area contributed by atoms with Gasteiger partial charge in [0, 0.05) is 16.0 Å². The average Bonchev–Trinajstić information content (AvgIpc) is 3.11. The number of aliphatic hydroxyl groups excluding tert-OH is 1. The molecule has 8 heteroatoms. The molecule has 1 aromatic heterocycles. The molecule has 116 valence electrons. The van der Waals surface area contributed by atoms with E-state index in [9.17, 15) is 9.90 Å². The summed E-state index contributed by atoms with van der Waals surface area (Å²) in [5.74, 6) is 0.0210. The first-order chi connectivity index (χ1) is 11.1. The topological polar surface area (TPSA) is 89.6 Å². The van der Waals surface area contributed by atoms with Crippen LogP contribution in [0.25, 0.3) is 16.8 Å². The second-order valence-corrected chi connectivity index (χ2v) is 5.97. The number of nitrogens with one attached hydrogen (secondary N) is 1. The van der Waals surface area contributed by atoms with Crippen LogP contribution in [0.4, 0.5) is 0 Å². The molecule has 1 aliphatic rings. The van der Waals surface area contributed by atoms with Gasteiger partial charge in [-0.05, 0) is 12.1 Å². The number of rotatable bonds is 4. The lowest BCUT2D eigenvalue weighted by molar-refractivity contribution is -0.102. The van der Waals surface area contributed by atoms with Gasteiger partial charge in [-0.15, -0.1) is 11.3 Å². The molecular weight excluding hydrogens is 336 g/mol. The third-order valence-corrected chi connectivity index (χ3v) is 4.32. The summed E-state index contributed by atoms with van der Waals surface area (Å²) in [6, 6.07) is 7.27. The molecule has 1 aromatic carbocycles. The van der Waals surface area contributed by atoms with E-state index < -0.39 is 0 Å². The number of hydrazone groups is 1. The van der Waals surface area contributed by atoms with Crippen molar-refractivity contribution in [1.82, 2.24) is 9.99 Å². The Balaban J connectivity index is 1.89. The van der Waals surface area contributed by atoms with E-state index in [4.69, 9.17) is 17.0 Å².